The van der Waals surface area contributed by atoms with Crippen LogP contribution in [0.25, 0.3) is 0 Å². The first-order chi connectivity index (χ1) is 14.9. The summed E-state index contributed by atoms with van der Waals surface area (Å²) >= 11 is 0. The van der Waals surface area contributed by atoms with Gasteiger partial charge in [0.1, 0.15) is 23.3 Å². The van der Waals surface area contributed by atoms with Crippen molar-refractivity contribution in [2.45, 2.75) is 0 Å². The fourth-order valence-electron chi connectivity index (χ4n) is 2.65. The zero-order valence-electron chi connectivity index (χ0n) is 16.1. The Hall–Kier alpha value is -2.87. The molecule has 4 aromatic carbocycles. The second kappa shape index (κ2) is 10.9. The van der Waals surface area contributed by atoms with Crippen molar-refractivity contribution in [3.05, 3.63) is 120 Å². The number of hydrogen-bond acceptors (Lipinski definition) is 1. The predicted octanol–water partition coefficient (Wildman–Crippen LogP) is 5.34. The first-order valence-corrected chi connectivity index (χ1v) is 11.4. The predicted molar refractivity (Wildman–Crippen MR) is 120 cm³/mol. The molecule has 156 valence electrons. The van der Waals surface area contributed by atoms with Gasteiger partial charge in [-0.25, -0.2) is 17.6 Å². The SMILES string of the molecule is Fc1cccc(Pc2cccc(F)c2)c1.O=[P+](c1cccc(F)c1)c1cccc(F)c1. The van der Waals surface area contributed by atoms with Crippen LogP contribution in [-0.2, 0) is 4.57 Å². The molecule has 0 aliphatic carbocycles. The highest BCUT2D eigenvalue weighted by atomic mass is 31.1. The maximum Gasteiger partial charge on any atom is 0.415 e. The van der Waals surface area contributed by atoms with Gasteiger partial charge in [0.05, 0.1) is 0 Å². The number of benzene rings is 4. The van der Waals surface area contributed by atoms with Gasteiger partial charge in [0.25, 0.3) is 0 Å². The molecule has 0 aliphatic rings. The van der Waals surface area contributed by atoms with Gasteiger partial charge in [-0.05, 0) is 59.1 Å². The van der Waals surface area contributed by atoms with E-state index in [1.54, 1.807) is 24.3 Å². The first-order valence-electron chi connectivity index (χ1n) is 9.17. The number of hydrogen-bond donors (Lipinski definition) is 0. The van der Waals surface area contributed by atoms with Crippen LogP contribution >= 0.6 is 16.4 Å². The minimum atomic E-state index is -1.93. The molecule has 0 radical (unpaired) electrons. The number of halogens is 4. The van der Waals surface area contributed by atoms with E-state index in [1.807, 2.05) is 12.1 Å². The van der Waals surface area contributed by atoms with Gasteiger partial charge in [-0.3, -0.25) is 0 Å². The summed E-state index contributed by atoms with van der Waals surface area (Å²) in [6.07, 6.45) is 0. The Labute approximate surface area is 180 Å². The third-order valence-electron chi connectivity index (χ3n) is 4.02. The van der Waals surface area contributed by atoms with Crippen molar-refractivity contribution in [2.24, 2.45) is 0 Å². The molecule has 0 fully saturated rings. The first kappa shape index (κ1) is 22.8. The van der Waals surface area contributed by atoms with Gasteiger partial charge < -0.3 is 0 Å². The van der Waals surface area contributed by atoms with Crippen molar-refractivity contribution < 1.29 is 22.1 Å². The maximum atomic E-state index is 12.9. The monoisotopic (exact) mass is 459 g/mol. The molecule has 0 saturated heterocycles. The van der Waals surface area contributed by atoms with Crippen molar-refractivity contribution in [3.8, 4) is 0 Å². The second-order valence-corrected chi connectivity index (χ2v) is 9.43. The summed E-state index contributed by atoms with van der Waals surface area (Å²) in [6.45, 7) is 0. The van der Waals surface area contributed by atoms with E-state index in [4.69, 9.17) is 0 Å². The van der Waals surface area contributed by atoms with E-state index in [9.17, 15) is 22.1 Å². The van der Waals surface area contributed by atoms with Crippen LogP contribution in [0.5, 0.6) is 0 Å². The zero-order valence-corrected chi connectivity index (χ0v) is 18.0. The second-order valence-electron chi connectivity index (χ2n) is 6.40. The Balaban J connectivity index is 0.000000176. The quantitative estimate of drug-likeness (QED) is 0.298. The van der Waals surface area contributed by atoms with Crippen LogP contribution in [0.15, 0.2) is 97.1 Å². The van der Waals surface area contributed by atoms with Crippen LogP contribution in [0.4, 0.5) is 17.6 Å². The summed E-state index contributed by atoms with van der Waals surface area (Å²) < 4.78 is 63.6. The Kier molecular flexibility index (Phi) is 8.06. The lowest BCUT2D eigenvalue weighted by Gasteiger charge is -2.02. The van der Waals surface area contributed by atoms with E-state index in [0.717, 1.165) is 10.6 Å². The highest BCUT2D eigenvalue weighted by molar-refractivity contribution is 7.61. The fraction of sp³-hybridized carbons (Fsp3) is 0. The molecule has 31 heavy (non-hydrogen) atoms. The molecule has 0 spiro atoms. The third-order valence-corrected chi connectivity index (χ3v) is 6.72. The molecule has 0 aliphatic heterocycles. The summed E-state index contributed by atoms with van der Waals surface area (Å²) in [7, 11) is -1.64. The molecular weight excluding hydrogens is 442 g/mol. The molecule has 0 unspecified atom stereocenters. The summed E-state index contributed by atoms with van der Waals surface area (Å²) in [4.78, 5) is 0. The third kappa shape index (κ3) is 7.10. The van der Waals surface area contributed by atoms with Crippen LogP contribution in [0.3, 0.4) is 0 Å². The van der Waals surface area contributed by atoms with Gasteiger partial charge in [0.15, 0.2) is 10.6 Å². The zero-order chi connectivity index (χ0) is 22.2. The molecule has 1 nitrogen and oxygen atoms in total. The minimum Gasteiger partial charge on any atom is -0.207 e. The average molecular weight is 459 g/mol. The Morgan fingerprint density at radius 3 is 1.23 bits per heavy atom. The molecular formula is C24H17F4OP2+. The fourth-order valence-corrected chi connectivity index (χ4v) is 4.99. The molecule has 0 amide bonds. The lowest BCUT2D eigenvalue weighted by molar-refractivity contribution is 0.596. The maximum absolute atomic E-state index is 12.9. The van der Waals surface area contributed by atoms with Crippen molar-refractivity contribution in [1.82, 2.24) is 0 Å². The van der Waals surface area contributed by atoms with Crippen LogP contribution in [0.1, 0.15) is 0 Å². The van der Waals surface area contributed by atoms with Crippen LogP contribution in [0.2, 0.25) is 0 Å². The van der Waals surface area contributed by atoms with Crippen LogP contribution in [0, 0.1) is 23.3 Å². The van der Waals surface area contributed by atoms with Crippen molar-refractivity contribution in [1.29, 1.82) is 0 Å². The van der Waals surface area contributed by atoms with Gasteiger partial charge in [0, 0.05) is 12.1 Å². The van der Waals surface area contributed by atoms with Crippen LogP contribution in [-0.4, -0.2) is 0 Å². The summed E-state index contributed by atoms with van der Waals surface area (Å²) in [5, 5.41) is 2.47. The molecule has 0 bridgehead atoms. The highest BCUT2D eigenvalue weighted by Gasteiger charge is 2.24. The molecule has 0 aromatic heterocycles. The Bertz CT molecular complexity index is 1110. The van der Waals surface area contributed by atoms with Gasteiger partial charge in [0.2, 0.25) is 0 Å². The van der Waals surface area contributed by atoms with Crippen molar-refractivity contribution >= 4 is 37.6 Å². The molecule has 0 atom stereocenters. The molecule has 7 heteroatoms. The van der Waals surface area contributed by atoms with Gasteiger partial charge >= 0.3 is 7.80 Å². The van der Waals surface area contributed by atoms with Crippen LogP contribution < -0.4 is 21.2 Å². The lowest BCUT2D eigenvalue weighted by Crippen LogP contribution is -2.07. The number of rotatable bonds is 4. The highest BCUT2D eigenvalue weighted by Crippen LogP contribution is 2.20. The van der Waals surface area contributed by atoms with E-state index < -0.39 is 19.4 Å². The standard InChI is InChI=1S/C12H8F2OP.C12H9F2P/c13-9-3-1-5-11(7-9)16(15)12-6-2-4-10(14)8-12;13-9-3-1-5-11(7-9)15-12-6-2-4-10(14)8-12/h1-8H;1-8,15H/q+1;. The topological polar surface area (TPSA) is 17.1 Å². The van der Waals surface area contributed by atoms with Gasteiger partial charge in [-0.15, -0.1) is 0 Å². The minimum absolute atomic E-state index is 0.253. The van der Waals surface area contributed by atoms with E-state index in [0.29, 0.717) is 10.6 Å². The Morgan fingerprint density at radius 1 is 0.516 bits per heavy atom. The summed E-state index contributed by atoms with van der Waals surface area (Å²) in [5.41, 5.74) is 0. The molecule has 4 aromatic rings. The largest absolute Gasteiger partial charge is 0.415 e. The van der Waals surface area contributed by atoms with Crippen molar-refractivity contribution in [2.75, 3.05) is 0 Å². The smallest absolute Gasteiger partial charge is 0.207 e. The molecule has 0 saturated carbocycles. The molecule has 4 rings (SSSR count). The van der Waals surface area contributed by atoms with Crippen molar-refractivity contribution in [3.63, 3.8) is 0 Å². The van der Waals surface area contributed by atoms with Gasteiger partial charge in [-0.2, -0.15) is 0 Å². The molecule has 0 N–H and O–H groups in total. The summed E-state index contributed by atoms with van der Waals surface area (Å²) in [6, 6.07) is 23.8. The Morgan fingerprint density at radius 2 is 0.871 bits per heavy atom. The summed E-state index contributed by atoms with van der Waals surface area (Å²) in [5.74, 6) is -1.40. The van der Waals surface area contributed by atoms with E-state index in [2.05, 4.69) is 0 Å². The lowest BCUT2D eigenvalue weighted by atomic mass is 10.3. The van der Waals surface area contributed by atoms with E-state index >= 15 is 0 Å². The van der Waals surface area contributed by atoms with E-state index in [-0.39, 0.29) is 20.2 Å². The van der Waals surface area contributed by atoms with E-state index in [1.165, 1.54) is 60.7 Å². The molecule has 0 heterocycles. The normalized spacial score (nSPS) is 10.2. The van der Waals surface area contributed by atoms with Gasteiger partial charge in [-0.1, -0.05) is 49.5 Å². The average Bonchev–Trinajstić information content (AvgIpc) is 2.74.